The topological polar surface area (TPSA) is 66.5 Å². The Hall–Kier alpha value is -0.770. The van der Waals surface area contributed by atoms with Gasteiger partial charge in [0, 0.05) is 10.6 Å². The number of aliphatic hydroxyl groups excluding tert-OH is 1. The van der Waals surface area contributed by atoms with E-state index in [0.717, 1.165) is 0 Å². The molecule has 3 nitrogen and oxygen atoms in total. The lowest BCUT2D eigenvalue weighted by Gasteiger charge is -2.23. The van der Waals surface area contributed by atoms with E-state index in [4.69, 9.17) is 17.3 Å². The minimum Gasteiger partial charge on any atom is -0.507 e. The Morgan fingerprint density at radius 3 is 2.38 bits per heavy atom. The molecule has 90 valence electrons. The number of phenols is 1. The van der Waals surface area contributed by atoms with Crippen molar-refractivity contribution >= 4 is 11.6 Å². The van der Waals surface area contributed by atoms with Gasteiger partial charge < -0.3 is 15.9 Å². The van der Waals surface area contributed by atoms with E-state index < -0.39 is 12.1 Å². The first-order chi connectivity index (χ1) is 7.34. The molecule has 4 heteroatoms. The van der Waals surface area contributed by atoms with Crippen LogP contribution in [0.3, 0.4) is 0 Å². The summed E-state index contributed by atoms with van der Waals surface area (Å²) in [6.07, 6.45) is -0.705. The quantitative estimate of drug-likeness (QED) is 0.764. The van der Waals surface area contributed by atoms with Crippen LogP contribution < -0.4 is 5.73 Å². The van der Waals surface area contributed by atoms with Crippen LogP contribution in [-0.4, -0.2) is 16.3 Å². The van der Waals surface area contributed by atoms with Crippen LogP contribution in [0.15, 0.2) is 12.1 Å². The number of hydrogen-bond acceptors (Lipinski definition) is 3. The predicted octanol–water partition coefficient (Wildman–Crippen LogP) is 2.37. The lowest BCUT2D eigenvalue weighted by atomic mass is 9.93. The van der Waals surface area contributed by atoms with Crippen molar-refractivity contribution in [3.63, 3.8) is 0 Å². The Morgan fingerprint density at radius 2 is 1.88 bits per heavy atom. The highest BCUT2D eigenvalue weighted by atomic mass is 35.5. The van der Waals surface area contributed by atoms with E-state index >= 15 is 0 Å². The molecule has 1 rings (SSSR count). The van der Waals surface area contributed by atoms with Crippen molar-refractivity contribution in [3.05, 3.63) is 28.3 Å². The monoisotopic (exact) mass is 243 g/mol. The van der Waals surface area contributed by atoms with Gasteiger partial charge in [0.2, 0.25) is 0 Å². The molecular weight excluding hydrogens is 226 g/mol. The molecule has 16 heavy (non-hydrogen) atoms. The molecule has 0 heterocycles. The zero-order chi connectivity index (χ0) is 12.5. The van der Waals surface area contributed by atoms with E-state index in [9.17, 15) is 10.2 Å². The molecule has 1 aromatic carbocycles. The maximum Gasteiger partial charge on any atom is 0.123 e. The van der Waals surface area contributed by atoms with E-state index in [2.05, 4.69) is 0 Å². The maximum absolute atomic E-state index is 9.88. The van der Waals surface area contributed by atoms with Gasteiger partial charge in [-0.05, 0) is 30.5 Å². The van der Waals surface area contributed by atoms with E-state index in [-0.39, 0.29) is 11.7 Å². The first kappa shape index (κ1) is 13.3. The Kier molecular flexibility index (Phi) is 4.19. The van der Waals surface area contributed by atoms with Crippen molar-refractivity contribution < 1.29 is 10.2 Å². The number of nitrogens with two attached hydrogens (primary N) is 1. The molecule has 0 unspecified atom stereocenters. The number of benzene rings is 1. The molecule has 2 atom stereocenters. The van der Waals surface area contributed by atoms with Gasteiger partial charge in [0.05, 0.1) is 12.1 Å². The van der Waals surface area contributed by atoms with Gasteiger partial charge in [0.15, 0.2) is 0 Å². The summed E-state index contributed by atoms with van der Waals surface area (Å²) in [7, 11) is 0. The number of phenolic OH excluding ortho intramolecular Hbond substituents is 1. The fourth-order valence-corrected chi connectivity index (χ4v) is 1.90. The zero-order valence-corrected chi connectivity index (χ0v) is 10.5. The van der Waals surface area contributed by atoms with Gasteiger partial charge >= 0.3 is 0 Å². The second-order valence-electron chi connectivity index (χ2n) is 4.42. The smallest absolute Gasteiger partial charge is 0.123 e. The summed E-state index contributed by atoms with van der Waals surface area (Å²) in [6.45, 7) is 5.50. The number of aromatic hydroxyl groups is 1. The first-order valence-electron chi connectivity index (χ1n) is 5.27. The van der Waals surface area contributed by atoms with Crippen molar-refractivity contribution in [1.29, 1.82) is 0 Å². The SMILES string of the molecule is Cc1cc(Cl)cc([C@@H](N)[C@@H](O)C(C)C)c1O. The van der Waals surface area contributed by atoms with Crippen LogP contribution >= 0.6 is 11.6 Å². The Morgan fingerprint density at radius 1 is 1.31 bits per heavy atom. The second kappa shape index (κ2) is 5.04. The third kappa shape index (κ3) is 2.67. The van der Waals surface area contributed by atoms with Crippen molar-refractivity contribution in [2.75, 3.05) is 0 Å². The minimum atomic E-state index is -0.705. The fraction of sp³-hybridized carbons (Fsp3) is 0.500. The van der Waals surface area contributed by atoms with Gasteiger partial charge in [-0.2, -0.15) is 0 Å². The van der Waals surface area contributed by atoms with E-state index in [1.54, 1.807) is 19.1 Å². The van der Waals surface area contributed by atoms with Crippen LogP contribution in [0.1, 0.15) is 31.0 Å². The summed E-state index contributed by atoms with van der Waals surface area (Å²) in [5, 5.41) is 20.3. The van der Waals surface area contributed by atoms with Gasteiger partial charge in [-0.25, -0.2) is 0 Å². The van der Waals surface area contributed by atoms with Crippen molar-refractivity contribution in [2.45, 2.75) is 32.9 Å². The van der Waals surface area contributed by atoms with Crippen LogP contribution in [0.5, 0.6) is 5.75 Å². The van der Waals surface area contributed by atoms with Gasteiger partial charge in [0.25, 0.3) is 0 Å². The number of halogens is 1. The normalized spacial score (nSPS) is 15.2. The minimum absolute atomic E-state index is 0.0219. The lowest BCUT2D eigenvalue weighted by molar-refractivity contribution is 0.0969. The summed E-state index contributed by atoms with van der Waals surface area (Å²) in [6, 6.07) is 2.63. The molecule has 0 fully saturated rings. The lowest BCUT2D eigenvalue weighted by Crippen LogP contribution is -2.30. The molecule has 0 aliphatic carbocycles. The summed E-state index contributed by atoms with van der Waals surface area (Å²) < 4.78 is 0. The number of hydrogen-bond donors (Lipinski definition) is 3. The standard InChI is InChI=1S/C12H18ClNO2/c1-6(2)11(15)10(14)9-5-8(13)4-7(3)12(9)16/h4-6,10-11,15-16H,14H2,1-3H3/t10-,11+/m1/s1. The van der Waals surface area contributed by atoms with E-state index in [1.165, 1.54) is 0 Å². The van der Waals surface area contributed by atoms with Gasteiger partial charge in [-0.1, -0.05) is 25.4 Å². The summed E-state index contributed by atoms with van der Waals surface area (Å²) in [5.41, 5.74) is 7.06. The summed E-state index contributed by atoms with van der Waals surface area (Å²) >= 11 is 5.90. The molecule has 0 aliphatic rings. The third-order valence-corrected chi connectivity index (χ3v) is 2.92. The van der Waals surface area contributed by atoms with Crippen LogP contribution in [0, 0.1) is 12.8 Å². The van der Waals surface area contributed by atoms with Crippen LogP contribution in [0.2, 0.25) is 5.02 Å². The largest absolute Gasteiger partial charge is 0.507 e. The molecular formula is C12H18ClNO2. The molecule has 1 aromatic rings. The van der Waals surface area contributed by atoms with E-state index in [0.29, 0.717) is 16.1 Å². The Bertz CT molecular complexity index is 380. The highest BCUT2D eigenvalue weighted by molar-refractivity contribution is 6.30. The molecule has 0 aliphatic heterocycles. The molecule has 0 bridgehead atoms. The maximum atomic E-state index is 9.88. The van der Waals surface area contributed by atoms with Gasteiger partial charge in [0.1, 0.15) is 5.75 Å². The Labute approximate surface area is 101 Å². The Balaban J connectivity index is 3.13. The van der Waals surface area contributed by atoms with Gasteiger partial charge in [-0.15, -0.1) is 0 Å². The highest BCUT2D eigenvalue weighted by Crippen LogP contribution is 2.32. The molecule has 0 amide bonds. The van der Waals surface area contributed by atoms with Crippen LogP contribution in [0.25, 0.3) is 0 Å². The summed E-state index contributed by atoms with van der Waals surface area (Å²) in [4.78, 5) is 0. The first-order valence-corrected chi connectivity index (χ1v) is 5.65. The molecule has 0 saturated carbocycles. The molecule has 0 saturated heterocycles. The highest BCUT2D eigenvalue weighted by Gasteiger charge is 2.23. The van der Waals surface area contributed by atoms with Crippen molar-refractivity contribution in [2.24, 2.45) is 11.7 Å². The third-order valence-electron chi connectivity index (χ3n) is 2.70. The average molecular weight is 244 g/mol. The second-order valence-corrected chi connectivity index (χ2v) is 4.86. The zero-order valence-electron chi connectivity index (χ0n) is 9.74. The number of rotatable bonds is 3. The van der Waals surface area contributed by atoms with Crippen LogP contribution in [0.4, 0.5) is 0 Å². The van der Waals surface area contributed by atoms with Crippen molar-refractivity contribution in [3.8, 4) is 5.75 Å². The molecule has 4 N–H and O–H groups in total. The molecule has 0 radical (unpaired) electrons. The summed E-state index contributed by atoms with van der Waals surface area (Å²) in [5.74, 6) is 0.130. The number of aliphatic hydroxyl groups is 1. The van der Waals surface area contributed by atoms with Gasteiger partial charge in [-0.3, -0.25) is 0 Å². The molecule has 0 aromatic heterocycles. The number of aryl methyl sites for hydroxylation is 1. The van der Waals surface area contributed by atoms with Crippen molar-refractivity contribution in [1.82, 2.24) is 0 Å². The molecule has 0 spiro atoms. The predicted molar refractivity (Wildman–Crippen MR) is 65.6 cm³/mol. The van der Waals surface area contributed by atoms with Crippen LogP contribution in [-0.2, 0) is 0 Å². The fourth-order valence-electron chi connectivity index (χ4n) is 1.61. The average Bonchev–Trinajstić information content (AvgIpc) is 2.21. The van der Waals surface area contributed by atoms with E-state index in [1.807, 2.05) is 13.8 Å².